The lowest BCUT2D eigenvalue weighted by Gasteiger charge is -2.36. The number of para-hydroxylation sites is 1. The largest absolute Gasteiger partial charge is 0.482 e. The molecule has 1 aliphatic heterocycles. The normalized spacial score (nSPS) is 14.5. The summed E-state index contributed by atoms with van der Waals surface area (Å²) < 4.78 is 34.2. The maximum absolute atomic E-state index is 13.1. The zero-order valence-corrected chi connectivity index (χ0v) is 24.1. The standard InChI is InChI=1S/C27H29BrClN3O4S/c1-18-7-9-21(10-8-18)37(34,35)32-13-11-31(12-14-32)26-23(29)5-4-6-24(26)30-25(33)17-36-27-20(3)15-19(2)16-22(27)28/h4-10,15-16H,11-14,17H2,1-3H3,(H,30,33). The summed E-state index contributed by atoms with van der Waals surface area (Å²) in [4.78, 5) is 15.1. The fourth-order valence-electron chi connectivity index (χ4n) is 4.36. The molecule has 1 aliphatic rings. The molecule has 10 heteroatoms. The second-order valence-electron chi connectivity index (χ2n) is 9.07. The van der Waals surface area contributed by atoms with E-state index in [0.29, 0.717) is 48.3 Å². The van der Waals surface area contributed by atoms with Crippen molar-refractivity contribution in [2.45, 2.75) is 25.7 Å². The lowest BCUT2D eigenvalue weighted by molar-refractivity contribution is -0.118. The van der Waals surface area contributed by atoms with Crippen LogP contribution in [-0.2, 0) is 14.8 Å². The number of nitrogens with zero attached hydrogens (tertiary/aromatic N) is 2. The molecule has 196 valence electrons. The van der Waals surface area contributed by atoms with Crippen molar-refractivity contribution in [3.8, 4) is 5.75 Å². The molecule has 3 aromatic carbocycles. The molecular weight excluding hydrogens is 578 g/mol. The molecule has 37 heavy (non-hydrogen) atoms. The van der Waals surface area contributed by atoms with E-state index in [9.17, 15) is 13.2 Å². The van der Waals surface area contributed by atoms with E-state index in [4.69, 9.17) is 16.3 Å². The van der Waals surface area contributed by atoms with E-state index in [0.717, 1.165) is 21.2 Å². The Balaban J connectivity index is 1.44. The van der Waals surface area contributed by atoms with Crippen LogP contribution < -0.4 is 15.0 Å². The van der Waals surface area contributed by atoms with Crippen molar-refractivity contribution < 1.29 is 17.9 Å². The van der Waals surface area contributed by atoms with Gasteiger partial charge in [0, 0.05) is 26.2 Å². The number of hydrogen-bond acceptors (Lipinski definition) is 5. The van der Waals surface area contributed by atoms with Gasteiger partial charge >= 0.3 is 0 Å². The molecule has 3 aromatic rings. The molecule has 7 nitrogen and oxygen atoms in total. The number of nitrogens with one attached hydrogen (secondary N) is 1. The van der Waals surface area contributed by atoms with Crippen LogP contribution in [-0.4, -0.2) is 51.4 Å². The highest BCUT2D eigenvalue weighted by Gasteiger charge is 2.30. The number of sulfonamides is 1. The molecule has 0 saturated carbocycles. The molecule has 1 amide bonds. The summed E-state index contributed by atoms with van der Waals surface area (Å²) >= 11 is 10.0. The van der Waals surface area contributed by atoms with Crippen LogP contribution in [0.25, 0.3) is 0 Å². The molecule has 1 saturated heterocycles. The van der Waals surface area contributed by atoms with Gasteiger partial charge in [-0.2, -0.15) is 4.31 Å². The quantitative estimate of drug-likeness (QED) is 0.381. The van der Waals surface area contributed by atoms with Crippen LogP contribution in [0.15, 0.2) is 64.0 Å². The van der Waals surface area contributed by atoms with Gasteiger partial charge in [0.25, 0.3) is 5.91 Å². The van der Waals surface area contributed by atoms with Crippen molar-refractivity contribution in [2.75, 3.05) is 43.0 Å². The van der Waals surface area contributed by atoms with Gasteiger partial charge in [-0.3, -0.25) is 4.79 Å². The van der Waals surface area contributed by atoms with Gasteiger partial charge in [-0.1, -0.05) is 41.4 Å². The van der Waals surface area contributed by atoms with Gasteiger partial charge in [0.05, 0.1) is 25.8 Å². The van der Waals surface area contributed by atoms with Crippen molar-refractivity contribution in [3.05, 3.63) is 80.8 Å². The molecule has 1 N–H and O–H groups in total. The third-order valence-corrected chi connectivity index (χ3v) is 9.00. The molecule has 0 aliphatic carbocycles. The smallest absolute Gasteiger partial charge is 0.262 e. The number of rotatable bonds is 7. The third kappa shape index (κ3) is 6.29. The first-order chi connectivity index (χ1) is 17.6. The SMILES string of the molecule is Cc1ccc(S(=O)(=O)N2CCN(c3c(Cl)cccc3NC(=O)COc3c(C)cc(C)cc3Br)CC2)cc1. The summed E-state index contributed by atoms with van der Waals surface area (Å²) in [5.41, 5.74) is 4.25. The fourth-order valence-corrected chi connectivity index (χ4v) is 6.86. The Morgan fingerprint density at radius 1 is 1.00 bits per heavy atom. The fraction of sp³-hybridized carbons (Fsp3) is 0.296. The van der Waals surface area contributed by atoms with Crippen molar-refractivity contribution in [1.82, 2.24) is 4.31 Å². The van der Waals surface area contributed by atoms with Crippen molar-refractivity contribution in [2.24, 2.45) is 0 Å². The molecule has 1 fully saturated rings. The topological polar surface area (TPSA) is 79.0 Å². The number of halogens is 2. The Morgan fingerprint density at radius 3 is 2.32 bits per heavy atom. The van der Waals surface area contributed by atoms with Crippen LogP contribution in [0, 0.1) is 20.8 Å². The van der Waals surface area contributed by atoms with Crippen LogP contribution in [0.4, 0.5) is 11.4 Å². The number of amides is 1. The average molecular weight is 607 g/mol. The lowest BCUT2D eigenvalue weighted by atomic mass is 10.1. The average Bonchev–Trinajstić information content (AvgIpc) is 2.84. The number of anilines is 2. The number of piperazine rings is 1. The first kappa shape index (κ1) is 27.4. The second kappa shape index (κ2) is 11.4. The third-order valence-electron chi connectivity index (χ3n) is 6.20. The number of aryl methyl sites for hydroxylation is 3. The van der Waals surface area contributed by atoms with Gasteiger partial charge in [0.1, 0.15) is 5.75 Å². The minimum Gasteiger partial charge on any atom is -0.482 e. The Bertz CT molecular complexity index is 1380. The van der Waals surface area contributed by atoms with Crippen LogP contribution in [0.3, 0.4) is 0 Å². The van der Waals surface area contributed by atoms with Crippen molar-refractivity contribution in [1.29, 1.82) is 0 Å². The Labute approximate surface area is 231 Å². The summed E-state index contributed by atoms with van der Waals surface area (Å²) in [6, 6.07) is 16.1. The number of carbonyl (C=O) groups is 1. The first-order valence-electron chi connectivity index (χ1n) is 11.9. The zero-order chi connectivity index (χ0) is 26.7. The molecular formula is C27H29BrClN3O4S. The van der Waals surface area contributed by atoms with E-state index in [1.54, 1.807) is 42.5 Å². The van der Waals surface area contributed by atoms with Gasteiger partial charge in [0.2, 0.25) is 10.0 Å². The Hall–Kier alpha value is -2.59. The van der Waals surface area contributed by atoms with Crippen LogP contribution >= 0.6 is 27.5 Å². The van der Waals surface area contributed by atoms with Gasteiger partial charge in [-0.15, -0.1) is 0 Å². The van der Waals surface area contributed by atoms with Gasteiger partial charge < -0.3 is 15.0 Å². The minimum atomic E-state index is -3.58. The zero-order valence-electron chi connectivity index (χ0n) is 20.9. The summed E-state index contributed by atoms with van der Waals surface area (Å²) in [6.45, 7) is 7.15. The maximum Gasteiger partial charge on any atom is 0.262 e. The van der Waals surface area contributed by atoms with E-state index in [1.807, 2.05) is 37.8 Å². The van der Waals surface area contributed by atoms with Crippen LogP contribution in [0.5, 0.6) is 5.75 Å². The van der Waals surface area contributed by atoms with Gasteiger partial charge in [-0.05, 0) is 78.2 Å². The second-order valence-corrected chi connectivity index (χ2v) is 12.3. The van der Waals surface area contributed by atoms with E-state index >= 15 is 0 Å². The molecule has 0 unspecified atom stereocenters. The lowest BCUT2D eigenvalue weighted by Crippen LogP contribution is -2.49. The van der Waals surface area contributed by atoms with Crippen LogP contribution in [0.1, 0.15) is 16.7 Å². The molecule has 1 heterocycles. The number of benzene rings is 3. The Kier molecular flexibility index (Phi) is 8.48. The summed E-state index contributed by atoms with van der Waals surface area (Å²) in [5, 5.41) is 3.38. The number of carbonyl (C=O) groups excluding carboxylic acids is 1. The van der Waals surface area contributed by atoms with Crippen molar-refractivity contribution >= 4 is 54.8 Å². The molecule has 0 bridgehead atoms. The summed E-state index contributed by atoms with van der Waals surface area (Å²) in [6.07, 6.45) is 0. The number of ether oxygens (including phenoxy) is 1. The van der Waals surface area contributed by atoms with E-state index in [-0.39, 0.29) is 17.4 Å². The predicted molar refractivity (Wildman–Crippen MR) is 151 cm³/mol. The highest BCUT2D eigenvalue weighted by Crippen LogP contribution is 2.35. The summed E-state index contributed by atoms with van der Waals surface area (Å²) in [5.74, 6) is 0.300. The molecule has 0 spiro atoms. The highest BCUT2D eigenvalue weighted by molar-refractivity contribution is 9.10. The van der Waals surface area contributed by atoms with E-state index in [2.05, 4.69) is 21.2 Å². The Morgan fingerprint density at radius 2 is 1.68 bits per heavy atom. The van der Waals surface area contributed by atoms with E-state index in [1.165, 1.54) is 4.31 Å². The van der Waals surface area contributed by atoms with Gasteiger partial charge in [-0.25, -0.2) is 8.42 Å². The molecule has 4 rings (SSSR count). The highest BCUT2D eigenvalue weighted by atomic mass is 79.9. The maximum atomic E-state index is 13.1. The minimum absolute atomic E-state index is 0.170. The first-order valence-corrected chi connectivity index (χ1v) is 14.5. The van der Waals surface area contributed by atoms with Crippen LogP contribution in [0.2, 0.25) is 5.02 Å². The number of hydrogen-bond donors (Lipinski definition) is 1. The molecule has 0 radical (unpaired) electrons. The van der Waals surface area contributed by atoms with Crippen molar-refractivity contribution in [3.63, 3.8) is 0 Å². The summed E-state index contributed by atoms with van der Waals surface area (Å²) in [7, 11) is -3.58. The monoisotopic (exact) mass is 605 g/mol. The predicted octanol–water partition coefficient (Wildman–Crippen LogP) is 5.56. The molecule has 0 atom stereocenters. The van der Waals surface area contributed by atoms with Gasteiger partial charge in [0.15, 0.2) is 6.61 Å². The molecule has 0 aromatic heterocycles. The van der Waals surface area contributed by atoms with E-state index < -0.39 is 10.0 Å².